The second-order valence-corrected chi connectivity index (χ2v) is 19.5. The predicted octanol–water partition coefficient (Wildman–Crippen LogP) is 7.13. The highest BCUT2D eigenvalue weighted by Crippen LogP contribution is 2.36. The van der Waals surface area contributed by atoms with Crippen molar-refractivity contribution in [1.82, 2.24) is 14.2 Å². The van der Waals surface area contributed by atoms with Crippen LogP contribution in [-0.2, 0) is 30.1 Å². The summed E-state index contributed by atoms with van der Waals surface area (Å²) in [7, 11) is -14.9. The molecule has 0 amide bonds. The third kappa shape index (κ3) is 19.4. The maximum atomic E-state index is 14.2. The molecule has 15 heteroatoms. The van der Waals surface area contributed by atoms with E-state index in [-0.39, 0.29) is 26.1 Å². The third-order valence-electron chi connectivity index (χ3n) is 8.59. The molecule has 12 nitrogen and oxygen atoms in total. The number of nitriles is 3. The summed E-state index contributed by atoms with van der Waals surface area (Å²) in [5.74, 6) is 0. The van der Waals surface area contributed by atoms with Crippen LogP contribution in [0.1, 0.15) is 174 Å². The van der Waals surface area contributed by atoms with E-state index in [9.17, 15) is 25.3 Å². The lowest BCUT2D eigenvalue weighted by Gasteiger charge is -2.33. The van der Waals surface area contributed by atoms with Crippen LogP contribution < -0.4 is 14.2 Å². The summed E-state index contributed by atoms with van der Waals surface area (Å²) in [6, 6.07) is 6.28. The van der Waals surface area contributed by atoms with Gasteiger partial charge in [0.15, 0.2) is 0 Å². The number of sulfonamides is 3. The summed E-state index contributed by atoms with van der Waals surface area (Å²) >= 11 is 0. The van der Waals surface area contributed by atoms with Gasteiger partial charge in [-0.1, -0.05) is 103 Å². The first kappa shape index (κ1) is 47.2. The minimum Gasteiger partial charge on any atom is -0.213 e. The molecule has 0 aliphatic rings. The van der Waals surface area contributed by atoms with E-state index < -0.39 is 39.9 Å². The Bertz CT molecular complexity index is 1160. The number of rotatable bonds is 35. The molecule has 0 radical (unpaired) electrons. The third-order valence-corrected chi connectivity index (χ3v) is 17.4. The van der Waals surface area contributed by atoms with Gasteiger partial charge in [0, 0.05) is 45.3 Å². The summed E-state index contributed by atoms with van der Waals surface area (Å²) in [6.45, 7) is 1.79. The van der Waals surface area contributed by atoms with Gasteiger partial charge >= 0.3 is 3.41 Å². The molecule has 3 N–H and O–H groups in total. The lowest BCUT2D eigenvalue weighted by molar-refractivity contribution is 0.503. The van der Waals surface area contributed by atoms with Crippen LogP contribution in [0.5, 0.6) is 0 Å². The summed E-state index contributed by atoms with van der Waals surface area (Å²) in [5, 5.41) is 26.1. The average molecular weight is 749 g/mol. The number of hydrogen-bond acceptors (Lipinski definition) is 9. The van der Waals surface area contributed by atoms with Gasteiger partial charge in [-0.15, -0.1) is 0 Å². The molecule has 0 saturated carbocycles. The van der Waals surface area contributed by atoms with Crippen molar-refractivity contribution in [3.8, 4) is 18.2 Å². The Balaban J connectivity index is 6.12. The Kier molecular flexibility index (Phi) is 27.8. The molecular formula is C34H64N6O6S3. The number of nitrogens with zero attached hydrogens (tertiary/aromatic N) is 3. The van der Waals surface area contributed by atoms with Crippen LogP contribution in [0.4, 0.5) is 0 Å². The summed E-state index contributed by atoms with van der Waals surface area (Å²) in [4.78, 5) is 0. The molecule has 0 aliphatic carbocycles. The van der Waals surface area contributed by atoms with E-state index in [1.54, 1.807) is 0 Å². The molecule has 0 spiro atoms. The van der Waals surface area contributed by atoms with Crippen LogP contribution in [-0.4, -0.2) is 48.3 Å². The van der Waals surface area contributed by atoms with Crippen molar-refractivity contribution in [2.45, 2.75) is 177 Å². The largest absolute Gasteiger partial charge is 0.313 e. The van der Waals surface area contributed by atoms with Gasteiger partial charge < -0.3 is 0 Å². The molecule has 0 fully saturated rings. The Morgan fingerprint density at radius 1 is 0.408 bits per heavy atom. The van der Waals surface area contributed by atoms with Gasteiger partial charge in [-0.2, -0.15) is 15.8 Å². The molecule has 0 heterocycles. The van der Waals surface area contributed by atoms with Crippen molar-refractivity contribution >= 4 is 30.1 Å². The zero-order valence-electron chi connectivity index (χ0n) is 30.0. The van der Waals surface area contributed by atoms with Crippen molar-refractivity contribution in [3.63, 3.8) is 0 Å². The second kappa shape index (κ2) is 28.8. The van der Waals surface area contributed by atoms with E-state index in [2.05, 4.69) is 39.3 Å². The van der Waals surface area contributed by atoms with Crippen LogP contribution in [0.3, 0.4) is 0 Å². The Morgan fingerprint density at radius 2 is 0.673 bits per heavy atom. The molecule has 0 unspecified atom stereocenters. The molecule has 0 aromatic rings. The average Bonchev–Trinajstić information content (AvgIpc) is 3.05. The maximum Gasteiger partial charge on any atom is 0.313 e. The minimum atomic E-state index is -4.97. The van der Waals surface area contributed by atoms with Gasteiger partial charge in [0.1, 0.15) is 0 Å². The standard InChI is InChI=1S/C34H64N6O6S3/c1-2-3-4-5-6-13-20-27-34(47(41,42)38-31-24-17-10-7-14-21-28-35,48(43,44)39-32-25-18-11-8-15-22-29-36)49(45,46)40-33-26-19-12-9-16-23-30-37/h38-40H,2-27,31-33H2,1H3. The fourth-order valence-corrected chi connectivity index (χ4v) is 13.3. The lowest BCUT2D eigenvalue weighted by Crippen LogP contribution is -2.63. The molecule has 49 heavy (non-hydrogen) atoms. The summed E-state index contributed by atoms with van der Waals surface area (Å²) in [5.41, 5.74) is 0. The van der Waals surface area contributed by atoms with Crippen molar-refractivity contribution in [2.24, 2.45) is 0 Å². The lowest BCUT2D eigenvalue weighted by atomic mass is 10.1. The van der Waals surface area contributed by atoms with Crippen molar-refractivity contribution in [2.75, 3.05) is 19.6 Å². The van der Waals surface area contributed by atoms with E-state index in [4.69, 9.17) is 15.8 Å². The van der Waals surface area contributed by atoms with Crippen LogP contribution in [0.15, 0.2) is 0 Å². The molecule has 0 atom stereocenters. The van der Waals surface area contributed by atoms with Gasteiger partial charge in [-0.05, 0) is 44.9 Å². The Morgan fingerprint density at radius 3 is 0.980 bits per heavy atom. The van der Waals surface area contributed by atoms with Crippen LogP contribution in [0.25, 0.3) is 0 Å². The smallest absolute Gasteiger partial charge is 0.213 e. The highest BCUT2D eigenvalue weighted by molar-refractivity contribution is 8.24. The van der Waals surface area contributed by atoms with Gasteiger partial charge in [-0.25, -0.2) is 39.4 Å². The SMILES string of the molecule is CCCCCCCCCC(S(=O)(=O)NCCCCCCCC#N)(S(=O)(=O)NCCCCCCCC#N)S(=O)(=O)NCCCCCCCC#N. The second-order valence-electron chi connectivity index (χ2n) is 12.8. The Labute approximate surface area is 299 Å². The van der Waals surface area contributed by atoms with Gasteiger partial charge in [0.05, 0.1) is 18.2 Å². The van der Waals surface area contributed by atoms with E-state index in [0.717, 1.165) is 89.9 Å². The highest BCUT2D eigenvalue weighted by atomic mass is 32.3. The van der Waals surface area contributed by atoms with E-state index in [0.29, 0.717) is 64.2 Å². The molecule has 284 valence electrons. The van der Waals surface area contributed by atoms with Gasteiger partial charge in [-0.3, -0.25) is 0 Å². The van der Waals surface area contributed by atoms with Crippen molar-refractivity contribution in [3.05, 3.63) is 0 Å². The zero-order valence-corrected chi connectivity index (χ0v) is 32.5. The molecule has 0 aliphatic heterocycles. The molecule has 0 aromatic carbocycles. The number of unbranched alkanes of at least 4 members (excludes halogenated alkanes) is 21. The van der Waals surface area contributed by atoms with Crippen LogP contribution in [0.2, 0.25) is 0 Å². The first-order chi connectivity index (χ1) is 23.5. The van der Waals surface area contributed by atoms with Crippen molar-refractivity contribution < 1.29 is 25.3 Å². The van der Waals surface area contributed by atoms with Gasteiger partial charge in [0.25, 0.3) is 0 Å². The van der Waals surface area contributed by atoms with Crippen LogP contribution >= 0.6 is 0 Å². The van der Waals surface area contributed by atoms with Crippen molar-refractivity contribution in [1.29, 1.82) is 15.8 Å². The molecule has 0 bridgehead atoms. The summed E-state index contributed by atoms with van der Waals surface area (Å²) in [6.07, 6.45) is 16.3. The topological polar surface area (TPSA) is 210 Å². The number of hydrogen-bond donors (Lipinski definition) is 3. The first-order valence-corrected chi connectivity index (χ1v) is 23.0. The van der Waals surface area contributed by atoms with Gasteiger partial charge in [0.2, 0.25) is 30.1 Å². The van der Waals surface area contributed by atoms with E-state index in [1.807, 2.05) is 0 Å². The normalized spacial score (nSPS) is 12.4. The molecule has 0 rings (SSSR count). The van der Waals surface area contributed by atoms with E-state index in [1.165, 1.54) is 0 Å². The first-order valence-electron chi connectivity index (χ1n) is 18.6. The minimum absolute atomic E-state index is 0.101. The van der Waals surface area contributed by atoms with E-state index >= 15 is 0 Å². The van der Waals surface area contributed by atoms with Crippen LogP contribution in [0, 0.1) is 34.0 Å². The molecule has 0 saturated heterocycles. The maximum absolute atomic E-state index is 14.2. The number of nitrogens with one attached hydrogen (secondary N) is 3. The quantitative estimate of drug-likeness (QED) is 0.0562. The summed E-state index contributed by atoms with van der Waals surface area (Å²) < 4.78 is 88.9. The molecular weight excluding hydrogens is 685 g/mol. The monoisotopic (exact) mass is 748 g/mol. The fourth-order valence-electron chi connectivity index (χ4n) is 5.66. The highest BCUT2D eigenvalue weighted by Gasteiger charge is 2.64. The molecule has 0 aromatic heterocycles. The predicted molar refractivity (Wildman–Crippen MR) is 196 cm³/mol. The zero-order chi connectivity index (χ0) is 36.7. The fraction of sp³-hybridized carbons (Fsp3) is 0.912. The Hall–Kier alpha value is -1.80.